The van der Waals surface area contributed by atoms with Crippen LogP contribution >= 0.6 is 0 Å². The van der Waals surface area contributed by atoms with E-state index >= 15 is 0 Å². The lowest BCUT2D eigenvalue weighted by atomic mass is 9.87. The standard InChI is InChI=1S/C25H29N5O3S/c1-15-23(18-10-11-30(25(26)31)22(13-18)17-4-2-3-5-17)21-12-19(14-28-24(21)29-15)16-6-8-20(9-7-16)34(27,32)33/h6-9,12-14,17,22H,2-5,10-11H2,1H3,(H2,26,31)(H,28,29)(H2,27,32,33). The maximum absolute atomic E-state index is 12.1. The molecule has 0 spiro atoms. The SMILES string of the molecule is Cc1[nH]c2ncc(-c3ccc(S(N)(=O)=O)cc3)cc2c1C1=CC(C2CCCC2)N(C(N)=O)CC1. The summed E-state index contributed by atoms with van der Waals surface area (Å²) in [7, 11) is -3.74. The van der Waals surface area contributed by atoms with Gasteiger partial charge in [0, 0.05) is 34.9 Å². The number of nitrogens with zero attached hydrogens (tertiary/aromatic N) is 2. The van der Waals surface area contributed by atoms with E-state index in [1.807, 2.05) is 11.8 Å². The molecule has 0 bridgehead atoms. The van der Waals surface area contributed by atoms with Crippen molar-refractivity contribution in [2.45, 2.75) is 50.0 Å². The highest BCUT2D eigenvalue weighted by Gasteiger charge is 2.34. The van der Waals surface area contributed by atoms with Crippen LogP contribution < -0.4 is 10.9 Å². The molecule has 0 radical (unpaired) electrons. The van der Waals surface area contributed by atoms with Crippen LogP contribution in [0.2, 0.25) is 0 Å². The molecule has 9 heteroatoms. The van der Waals surface area contributed by atoms with Crippen molar-refractivity contribution in [1.29, 1.82) is 0 Å². The quantitative estimate of drug-likeness (QED) is 0.523. The van der Waals surface area contributed by atoms with Gasteiger partial charge in [0.1, 0.15) is 5.65 Å². The van der Waals surface area contributed by atoms with E-state index in [0.717, 1.165) is 52.7 Å². The van der Waals surface area contributed by atoms with Crippen LogP contribution in [0.1, 0.15) is 43.4 Å². The van der Waals surface area contributed by atoms with Gasteiger partial charge in [-0.3, -0.25) is 0 Å². The first-order chi connectivity index (χ1) is 16.2. The van der Waals surface area contributed by atoms with Crippen molar-refractivity contribution in [3.63, 3.8) is 0 Å². The van der Waals surface area contributed by atoms with Crippen molar-refractivity contribution >= 4 is 32.7 Å². The van der Waals surface area contributed by atoms with E-state index in [9.17, 15) is 13.2 Å². The number of hydrogen-bond acceptors (Lipinski definition) is 4. The molecule has 34 heavy (non-hydrogen) atoms. The maximum atomic E-state index is 12.1. The van der Waals surface area contributed by atoms with E-state index in [2.05, 4.69) is 22.1 Å². The second kappa shape index (κ2) is 8.56. The molecule has 2 aliphatic rings. The van der Waals surface area contributed by atoms with Crippen LogP contribution in [0.3, 0.4) is 0 Å². The molecular weight excluding hydrogens is 450 g/mol. The Morgan fingerprint density at radius 3 is 2.50 bits per heavy atom. The number of nitrogens with two attached hydrogens (primary N) is 2. The maximum Gasteiger partial charge on any atom is 0.315 e. The van der Waals surface area contributed by atoms with Crippen molar-refractivity contribution in [1.82, 2.24) is 14.9 Å². The number of sulfonamides is 1. The van der Waals surface area contributed by atoms with Crippen LogP contribution in [0.5, 0.6) is 0 Å². The van der Waals surface area contributed by atoms with Gasteiger partial charge < -0.3 is 15.6 Å². The van der Waals surface area contributed by atoms with Gasteiger partial charge >= 0.3 is 6.03 Å². The average Bonchev–Trinajstić information content (AvgIpc) is 3.45. The molecule has 1 aliphatic carbocycles. The van der Waals surface area contributed by atoms with Gasteiger partial charge in [-0.2, -0.15) is 0 Å². The Morgan fingerprint density at radius 1 is 1.15 bits per heavy atom. The summed E-state index contributed by atoms with van der Waals surface area (Å²) in [5.74, 6) is 0.444. The van der Waals surface area contributed by atoms with E-state index in [0.29, 0.717) is 12.5 Å². The van der Waals surface area contributed by atoms with Gasteiger partial charge in [0.15, 0.2) is 0 Å². The van der Waals surface area contributed by atoms with E-state index in [-0.39, 0.29) is 17.0 Å². The summed E-state index contributed by atoms with van der Waals surface area (Å²) in [5.41, 5.74) is 11.6. The summed E-state index contributed by atoms with van der Waals surface area (Å²) in [5, 5.41) is 6.24. The Balaban J connectivity index is 1.56. The highest BCUT2D eigenvalue weighted by Crippen LogP contribution is 2.39. The first kappa shape index (κ1) is 22.6. The van der Waals surface area contributed by atoms with Gasteiger partial charge in [-0.05, 0) is 61.4 Å². The monoisotopic (exact) mass is 479 g/mol. The van der Waals surface area contributed by atoms with Crippen LogP contribution in [0.4, 0.5) is 4.79 Å². The van der Waals surface area contributed by atoms with Crippen molar-refractivity contribution in [3.05, 3.63) is 53.9 Å². The number of fused-ring (bicyclic) bond motifs is 1. The fourth-order valence-corrected chi connectivity index (χ4v) is 6.05. The van der Waals surface area contributed by atoms with E-state index in [4.69, 9.17) is 10.9 Å². The molecule has 2 amide bonds. The molecule has 2 aromatic heterocycles. The topological polar surface area (TPSA) is 135 Å². The van der Waals surface area contributed by atoms with Gasteiger partial charge in [0.2, 0.25) is 10.0 Å². The normalized spacial score (nSPS) is 19.5. The number of pyridine rings is 1. The summed E-state index contributed by atoms with van der Waals surface area (Å²) in [6.45, 7) is 2.65. The number of primary amides is 1. The number of nitrogens with one attached hydrogen (secondary N) is 1. The molecule has 3 heterocycles. The number of aromatic amines is 1. The third kappa shape index (κ3) is 4.10. The highest BCUT2D eigenvalue weighted by atomic mass is 32.2. The molecule has 5 N–H and O–H groups in total. The molecule has 1 aliphatic heterocycles. The molecule has 0 saturated heterocycles. The van der Waals surface area contributed by atoms with Gasteiger partial charge in [0.05, 0.1) is 10.9 Å². The predicted molar refractivity (Wildman–Crippen MR) is 132 cm³/mol. The highest BCUT2D eigenvalue weighted by molar-refractivity contribution is 7.89. The van der Waals surface area contributed by atoms with Gasteiger partial charge in [-0.25, -0.2) is 23.3 Å². The second-order valence-corrected chi connectivity index (χ2v) is 10.9. The Hall–Kier alpha value is -3.17. The molecule has 1 aromatic carbocycles. The van der Waals surface area contributed by atoms with Gasteiger partial charge in [-0.15, -0.1) is 0 Å². The van der Waals surface area contributed by atoms with Crippen molar-refractivity contribution in [3.8, 4) is 11.1 Å². The van der Waals surface area contributed by atoms with Crippen molar-refractivity contribution < 1.29 is 13.2 Å². The molecule has 1 saturated carbocycles. The zero-order valence-electron chi connectivity index (χ0n) is 19.1. The summed E-state index contributed by atoms with van der Waals surface area (Å²) < 4.78 is 23.2. The average molecular weight is 480 g/mol. The van der Waals surface area contributed by atoms with Crippen molar-refractivity contribution in [2.24, 2.45) is 16.8 Å². The Bertz CT molecular complexity index is 1390. The van der Waals surface area contributed by atoms with Gasteiger partial charge in [0.25, 0.3) is 0 Å². The Kier molecular flexibility index (Phi) is 5.69. The van der Waals surface area contributed by atoms with E-state index in [1.54, 1.807) is 18.3 Å². The minimum atomic E-state index is -3.74. The number of amides is 2. The lowest BCUT2D eigenvalue weighted by Crippen LogP contribution is -2.48. The fourth-order valence-electron chi connectivity index (χ4n) is 5.53. The number of primary sulfonamides is 1. The molecule has 1 unspecified atom stereocenters. The number of aromatic nitrogens is 2. The van der Waals surface area contributed by atoms with Gasteiger partial charge in [-0.1, -0.05) is 31.1 Å². The third-order valence-corrected chi connectivity index (χ3v) is 8.12. The van der Waals surface area contributed by atoms with Crippen LogP contribution in [-0.4, -0.2) is 41.9 Å². The summed E-state index contributed by atoms with van der Waals surface area (Å²) in [6.07, 6.45) is 9.37. The zero-order valence-corrected chi connectivity index (χ0v) is 19.9. The summed E-state index contributed by atoms with van der Waals surface area (Å²) in [4.78, 5) is 22.1. The first-order valence-corrected chi connectivity index (χ1v) is 13.2. The predicted octanol–water partition coefficient (Wildman–Crippen LogP) is 3.91. The lowest BCUT2D eigenvalue weighted by molar-refractivity contribution is 0.173. The lowest BCUT2D eigenvalue weighted by Gasteiger charge is -2.37. The molecule has 8 nitrogen and oxygen atoms in total. The van der Waals surface area contributed by atoms with Crippen LogP contribution in [0.15, 0.2) is 47.5 Å². The van der Waals surface area contributed by atoms with Crippen LogP contribution in [0.25, 0.3) is 27.7 Å². The molecule has 1 atom stereocenters. The first-order valence-electron chi connectivity index (χ1n) is 11.6. The number of urea groups is 1. The number of benzene rings is 1. The smallest absolute Gasteiger partial charge is 0.315 e. The fraction of sp³-hybridized carbons (Fsp3) is 0.360. The molecule has 178 valence electrons. The number of aryl methyl sites for hydroxylation is 1. The van der Waals surface area contributed by atoms with Crippen LogP contribution in [-0.2, 0) is 10.0 Å². The molecular formula is C25H29N5O3S. The summed E-state index contributed by atoms with van der Waals surface area (Å²) in [6, 6.07) is 8.24. The number of hydrogen-bond donors (Lipinski definition) is 3. The summed E-state index contributed by atoms with van der Waals surface area (Å²) >= 11 is 0. The Morgan fingerprint density at radius 2 is 1.85 bits per heavy atom. The number of carbonyl (C=O) groups excluding carboxylic acids is 1. The minimum Gasteiger partial charge on any atom is -0.351 e. The van der Waals surface area contributed by atoms with E-state index < -0.39 is 10.0 Å². The second-order valence-electron chi connectivity index (χ2n) is 9.32. The van der Waals surface area contributed by atoms with Crippen molar-refractivity contribution in [2.75, 3.05) is 6.54 Å². The number of H-pyrrole nitrogens is 1. The third-order valence-electron chi connectivity index (χ3n) is 7.19. The molecule has 5 rings (SSSR count). The minimum absolute atomic E-state index is 0.0231. The Labute approximate surface area is 199 Å². The van der Waals surface area contributed by atoms with E-state index in [1.165, 1.54) is 30.5 Å². The largest absolute Gasteiger partial charge is 0.351 e. The molecule has 1 fully saturated rings. The zero-order chi connectivity index (χ0) is 24.0. The molecule has 3 aromatic rings. The number of carbonyl (C=O) groups is 1. The number of rotatable bonds is 4. The van der Waals surface area contributed by atoms with Crippen LogP contribution in [0, 0.1) is 12.8 Å².